The lowest BCUT2D eigenvalue weighted by atomic mass is 10.0. The molecule has 2 rings (SSSR count). The zero-order valence-corrected chi connectivity index (χ0v) is 12.5. The van der Waals surface area contributed by atoms with Gasteiger partial charge >= 0.3 is 0 Å². The Kier molecular flexibility index (Phi) is 4.13. The van der Waals surface area contributed by atoms with E-state index in [9.17, 15) is 9.18 Å². The van der Waals surface area contributed by atoms with E-state index in [1.807, 2.05) is 0 Å². The molecule has 2 aromatic rings. The van der Waals surface area contributed by atoms with Crippen LogP contribution in [0.4, 0.5) is 10.1 Å². The van der Waals surface area contributed by atoms with E-state index in [4.69, 9.17) is 28.9 Å². The first-order chi connectivity index (χ1) is 8.91. The minimum absolute atomic E-state index is 0.0636. The molecule has 0 saturated heterocycles. The molecule has 19 heavy (non-hydrogen) atoms. The van der Waals surface area contributed by atoms with Crippen molar-refractivity contribution in [3.63, 3.8) is 0 Å². The highest BCUT2D eigenvalue weighted by molar-refractivity contribution is 9.10. The van der Waals surface area contributed by atoms with E-state index in [0.29, 0.717) is 0 Å². The van der Waals surface area contributed by atoms with Crippen LogP contribution < -0.4 is 5.73 Å². The number of rotatable bonds is 2. The normalized spacial score (nSPS) is 10.5. The first-order valence-corrected chi connectivity index (χ1v) is 6.70. The van der Waals surface area contributed by atoms with Crippen LogP contribution in [0.5, 0.6) is 0 Å². The fourth-order valence-electron chi connectivity index (χ4n) is 1.55. The van der Waals surface area contributed by atoms with Crippen LogP contribution in [-0.2, 0) is 0 Å². The van der Waals surface area contributed by atoms with E-state index in [1.165, 1.54) is 24.3 Å². The summed E-state index contributed by atoms with van der Waals surface area (Å²) < 4.78 is 14.1. The molecule has 0 atom stereocenters. The highest BCUT2D eigenvalue weighted by Gasteiger charge is 2.17. The number of carbonyl (C=O) groups excluding carboxylic acids is 1. The predicted molar refractivity (Wildman–Crippen MR) is 78.4 cm³/mol. The Labute approximate surface area is 127 Å². The molecule has 0 spiro atoms. The SMILES string of the molecule is Nc1c(Cl)cc(C(=O)c2cccc(Br)c2F)cc1Cl. The number of ketones is 1. The van der Waals surface area contributed by atoms with Gasteiger partial charge in [-0.05, 0) is 40.2 Å². The van der Waals surface area contributed by atoms with Crippen LogP contribution in [0.3, 0.4) is 0 Å². The number of hydrogen-bond donors (Lipinski definition) is 1. The molecule has 0 saturated carbocycles. The molecule has 0 bridgehead atoms. The minimum Gasteiger partial charge on any atom is -0.396 e. The van der Waals surface area contributed by atoms with Gasteiger partial charge in [-0.15, -0.1) is 0 Å². The monoisotopic (exact) mass is 361 g/mol. The Bertz CT molecular complexity index is 653. The van der Waals surface area contributed by atoms with Crippen LogP contribution in [0.25, 0.3) is 0 Å². The second-order valence-electron chi connectivity index (χ2n) is 3.78. The Morgan fingerprint density at radius 2 is 1.79 bits per heavy atom. The third-order valence-electron chi connectivity index (χ3n) is 2.54. The molecule has 0 unspecified atom stereocenters. The van der Waals surface area contributed by atoms with Gasteiger partial charge in [-0.1, -0.05) is 29.3 Å². The molecule has 0 fully saturated rings. The van der Waals surface area contributed by atoms with Crippen molar-refractivity contribution < 1.29 is 9.18 Å². The number of nitrogen functional groups attached to an aromatic ring is 1. The Hall–Kier alpha value is -1.10. The van der Waals surface area contributed by atoms with Crippen LogP contribution in [0.15, 0.2) is 34.8 Å². The molecular formula is C13H7BrCl2FNO. The van der Waals surface area contributed by atoms with Crippen LogP contribution >= 0.6 is 39.1 Å². The summed E-state index contributed by atoms with van der Waals surface area (Å²) in [7, 11) is 0. The fourth-order valence-corrected chi connectivity index (χ4v) is 2.40. The maximum absolute atomic E-state index is 13.9. The molecule has 0 aliphatic heterocycles. The third-order valence-corrected chi connectivity index (χ3v) is 3.78. The quantitative estimate of drug-likeness (QED) is 0.621. The van der Waals surface area contributed by atoms with E-state index in [2.05, 4.69) is 15.9 Å². The summed E-state index contributed by atoms with van der Waals surface area (Å²) in [4.78, 5) is 12.2. The summed E-state index contributed by atoms with van der Waals surface area (Å²) in [6, 6.07) is 7.20. The molecule has 0 aromatic heterocycles. The molecule has 2 N–H and O–H groups in total. The van der Waals surface area contributed by atoms with Crippen molar-refractivity contribution >= 4 is 50.6 Å². The summed E-state index contributed by atoms with van der Waals surface area (Å²) in [5.74, 6) is -1.14. The third kappa shape index (κ3) is 2.76. The van der Waals surface area contributed by atoms with Crippen molar-refractivity contribution in [1.82, 2.24) is 0 Å². The maximum atomic E-state index is 13.9. The summed E-state index contributed by atoms with van der Waals surface area (Å²) in [5.41, 5.74) is 5.89. The molecule has 6 heteroatoms. The minimum atomic E-state index is -0.628. The van der Waals surface area contributed by atoms with Crippen LogP contribution in [0.2, 0.25) is 10.0 Å². The molecule has 0 aliphatic rings. The van der Waals surface area contributed by atoms with Gasteiger partial charge in [0.25, 0.3) is 0 Å². The number of hydrogen-bond acceptors (Lipinski definition) is 2. The van der Waals surface area contributed by atoms with Crippen molar-refractivity contribution in [3.05, 3.63) is 61.8 Å². The number of anilines is 1. The summed E-state index contributed by atoms with van der Waals surface area (Å²) in [6.07, 6.45) is 0. The number of benzene rings is 2. The van der Waals surface area contributed by atoms with Gasteiger partial charge in [0.05, 0.1) is 25.8 Å². The van der Waals surface area contributed by atoms with Gasteiger partial charge in [0.1, 0.15) is 5.82 Å². The summed E-state index contributed by atoms with van der Waals surface area (Å²) in [6.45, 7) is 0. The van der Waals surface area contributed by atoms with Crippen LogP contribution in [0.1, 0.15) is 15.9 Å². The average Bonchev–Trinajstić information content (AvgIpc) is 2.38. The number of halogens is 4. The first kappa shape index (κ1) is 14.3. The van der Waals surface area contributed by atoms with E-state index in [-0.39, 0.29) is 31.3 Å². The van der Waals surface area contributed by atoms with Crippen molar-refractivity contribution in [2.24, 2.45) is 0 Å². The molecule has 0 aliphatic carbocycles. The average molecular weight is 363 g/mol. The Morgan fingerprint density at radius 1 is 1.21 bits per heavy atom. The second kappa shape index (κ2) is 5.49. The molecule has 0 heterocycles. The van der Waals surface area contributed by atoms with E-state index in [1.54, 1.807) is 6.07 Å². The van der Waals surface area contributed by atoms with Gasteiger partial charge < -0.3 is 5.73 Å². The molecule has 0 amide bonds. The van der Waals surface area contributed by atoms with Crippen molar-refractivity contribution in [2.45, 2.75) is 0 Å². The summed E-state index contributed by atoms with van der Waals surface area (Å²) in [5, 5.41) is 0.317. The van der Waals surface area contributed by atoms with E-state index >= 15 is 0 Å². The summed E-state index contributed by atoms with van der Waals surface area (Å²) >= 11 is 14.7. The second-order valence-corrected chi connectivity index (χ2v) is 5.45. The largest absolute Gasteiger partial charge is 0.396 e. The zero-order chi connectivity index (χ0) is 14.2. The van der Waals surface area contributed by atoms with Crippen LogP contribution in [0, 0.1) is 5.82 Å². The van der Waals surface area contributed by atoms with Crippen LogP contribution in [-0.4, -0.2) is 5.78 Å². The van der Waals surface area contributed by atoms with E-state index < -0.39 is 11.6 Å². The Morgan fingerprint density at radius 3 is 2.37 bits per heavy atom. The van der Waals surface area contributed by atoms with Gasteiger partial charge in [0, 0.05) is 5.56 Å². The first-order valence-electron chi connectivity index (χ1n) is 5.15. The number of nitrogens with two attached hydrogens (primary N) is 1. The highest BCUT2D eigenvalue weighted by Crippen LogP contribution is 2.30. The molecule has 0 radical (unpaired) electrons. The highest BCUT2D eigenvalue weighted by atomic mass is 79.9. The lowest BCUT2D eigenvalue weighted by molar-refractivity contribution is 0.103. The molecule has 2 nitrogen and oxygen atoms in total. The molecule has 98 valence electrons. The lowest BCUT2D eigenvalue weighted by Crippen LogP contribution is -2.05. The van der Waals surface area contributed by atoms with E-state index in [0.717, 1.165) is 0 Å². The standard InChI is InChI=1S/C13H7BrCl2FNO/c14-8-3-1-2-7(11(8)17)13(19)6-4-9(15)12(18)10(16)5-6/h1-5H,18H2. The van der Waals surface area contributed by atoms with Crippen molar-refractivity contribution in [3.8, 4) is 0 Å². The topological polar surface area (TPSA) is 43.1 Å². The van der Waals surface area contributed by atoms with Gasteiger partial charge in [0.15, 0.2) is 5.78 Å². The number of carbonyl (C=O) groups is 1. The zero-order valence-electron chi connectivity index (χ0n) is 9.38. The van der Waals surface area contributed by atoms with Crippen molar-refractivity contribution in [2.75, 3.05) is 5.73 Å². The smallest absolute Gasteiger partial charge is 0.196 e. The van der Waals surface area contributed by atoms with Gasteiger partial charge in [-0.2, -0.15) is 0 Å². The fraction of sp³-hybridized carbons (Fsp3) is 0. The van der Waals surface area contributed by atoms with Crippen molar-refractivity contribution in [1.29, 1.82) is 0 Å². The van der Waals surface area contributed by atoms with Gasteiger partial charge in [0.2, 0.25) is 0 Å². The maximum Gasteiger partial charge on any atom is 0.196 e. The molecule has 2 aromatic carbocycles. The van der Waals surface area contributed by atoms with Gasteiger partial charge in [-0.3, -0.25) is 4.79 Å². The lowest BCUT2D eigenvalue weighted by Gasteiger charge is -2.07. The molecular weight excluding hydrogens is 356 g/mol. The Balaban J connectivity index is 2.53. The predicted octanol–water partition coefficient (Wildman–Crippen LogP) is 4.71. The van der Waals surface area contributed by atoms with Gasteiger partial charge in [-0.25, -0.2) is 4.39 Å².